The summed E-state index contributed by atoms with van der Waals surface area (Å²) in [5, 5.41) is 3.62. The topological polar surface area (TPSA) is 30.5 Å². The van der Waals surface area contributed by atoms with E-state index in [-0.39, 0.29) is 0 Å². The van der Waals surface area contributed by atoms with Gasteiger partial charge in [-0.1, -0.05) is 26.2 Å². The molecule has 0 aromatic rings. The zero-order chi connectivity index (χ0) is 12.2. The average Bonchev–Trinajstić information content (AvgIpc) is 2.38. The quantitative estimate of drug-likeness (QED) is 0.598. The fraction of sp³-hybridized carbons (Fsp3) is 1.00. The first kappa shape index (κ1) is 14.9. The summed E-state index contributed by atoms with van der Waals surface area (Å²) in [5.74, 6) is 0. The molecule has 0 unspecified atom stereocenters. The Bertz CT molecular complexity index is 158. The van der Waals surface area contributed by atoms with E-state index in [9.17, 15) is 0 Å². The lowest BCUT2D eigenvalue weighted by molar-refractivity contribution is 0.0469. The molecule has 0 radical (unpaired) electrons. The second-order valence-corrected chi connectivity index (χ2v) is 4.87. The minimum absolute atomic E-state index is 0.740. The Kier molecular flexibility index (Phi) is 9.66. The SMILES string of the molecule is CCCOCCOCCCNC1CCCCC1. The highest BCUT2D eigenvalue weighted by molar-refractivity contribution is 4.71. The molecule has 102 valence electrons. The van der Waals surface area contributed by atoms with Crippen molar-refractivity contribution in [3.8, 4) is 0 Å². The van der Waals surface area contributed by atoms with Crippen molar-refractivity contribution >= 4 is 0 Å². The van der Waals surface area contributed by atoms with Crippen molar-refractivity contribution in [1.29, 1.82) is 0 Å². The first-order valence-electron chi connectivity index (χ1n) is 7.32. The number of ether oxygens (including phenoxy) is 2. The first-order valence-corrected chi connectivity index (χ1v) is 7.32. The van der Waals surface area contributed by atoms with Crippen LogP contribution >= 0.6 is 0 Å². The molecule has 0 heterocycles. The van der Waals surface area contributed by atoms with Crippen molar-refractivity contribution < 1.29 is 9.47 Å². The number of nitrogens with one attached hydrogen (secondary N) is 1. The zero-order valence-electron chi connectivity index (χ0n) is 11.4. The van der Waals surface area contributed by atoms with Crippen LogP contribution in [0.2, 0.25) is 0 Å². The molecular weight excluding hydrogens is 214 g/mol. The maximum Gasteiger partial charge on any atom is 0.0700 e. The molecule has 1 aliphatic carbocycles. The lowest BCUT2D eigenvalue weighted by atomic mass is 9.95. The van der Waals surface area contributed by atoms with Crippen molar-refractivity contribution in [2.75, 3.05) is 33.0 Å². The maximum atomic E-state index is 5.50. The Morgan fingerprint density at radius 2 is 1.65 bits per heavy atom. The van der Waals surface area contributed by atoms with Crippen LogP contribution in [0.4, 0.5) is 0 Å². The third kappa shape index (κ3) is 8.58. The molecule has 0 saturated heterocycles. The zero-order valence-corrected chi connectivity index (χ0v) is 11.4. The normalized spacial score (nSPS) is 17.5. The van der Waals surface area contributed by atoms with Gasteiger partial charge in [-0.05, 0) is 32.2 Å². The largest absolute Gasteiger partial charge is 0.379 e. The van der Waals surface area contributed by atoms with Gasteiger partial charge in [-0.25, -0.2) is 0 Å². The van der Waals surface area contributed by atoms with Gasteiger partial charge in [0, 0.05) is 19.3 Å². The summed E-state index contributed by atoms with van der Waals surface area (Å²) in [6.07, 6.45) is 9.18. The fourth-order valence-electron chi connectivity index (χ4n) is 2.25. The van der Waals surface area contributed by atoms with Crippen molar-refractivity contribution in [2.24, 2.45) is 0 Å². The van der Waals surface area contributed by atoms with Crippen LogP contribution in [0.25, 0.3) is 0 Å². The van der Waals surface area contributed by atoms with Gasteiger partial charge in [0.1, 0.15) is 0 Å². The van der Waals surface area contributed by atoms with Crippen molar-refractivity contribution in [2.45, 2.75) is 57.9 Å². The molecular formula is C14H29NO2. The van der Waals surface area contributed by atoms with E-state index < -0.39 is 0 Å². The lowest BCUT2D eigenvalue weighted by Crippen LogP contribution is -2.32. The molecule has 0 spiro atoms. The van der Waals surface area contributed by atoms with Crippen LogP contribution in [0.1, 0.15) is 51.9 Å². The smallest absolute Gasteiger partial charge is 0.0700 e. The summed E-state index contributed by atoms with van der Waals surface area (Å²) < 4.78 is 10.8. The average molecular weight is 243 g/mol. The van der Waals surface area contributed by atoms with Crippen LogP contribution in [-0.4, -0.2) is 39.0 Å². The third-order valence-electron chi connectivity index (χ3n) is 3.22. The van der Waals surface area contributed by atoms with Gasteiger partial charge < -0.3 is 14.8 Å². The molecule has 3 heteroatoms. The molecule has 1 fully saturated rings. The Balaban J connectivity index is 1.75. The molecule has 17 heavy (non-hydrogen) atoms. The van der Waals surface area contributed by atoms with Crippen LogP contribution < -0.4 is 5.32 Å². The van der Waals surface area contributed by atoms with Crippen molar-refractivity contribution in [3.63, 3.8) is 0 Å². The van der Waals surface area contributed by atoms with E-state index in [4.69, 9.17) is 9.47 Å². The first-order chi connectivity index (χ1) is 8.43. The Labute approximate surface area is 106 Å². The highest BCUT2D eigenvalue weighted by atomic mass is 16.5. The van der Waals surface area contributed by atoms with Gasteiger partial charge in [-0.3, -0.25) is 0 Å². The fourth-order valence-corrected chi connectivity index (χ4v) is 2.25. The van der Waals surface area contributed by atoms with Gasteiger partial charge in [-0.2, -0.15) is 0 Å². The summed E-state index contributed by atoms with van der Waals surface area (Å²) in [6.45, 7) is 6.41. The van der Waals surface area contributed by atoms with Gasteiger partial charge in [0.05, 0.1) is 13.2 Å². The standard InChI is InChI=1S/C14H29NO2/c1-2-10-16-12-13-17-11-6-9-15-14-7-4-3-5-8-14/h14-15H,2-13H2,1H3. The van der Waals surface area contributed by atoms with Gasteiger partial charge in [0.2, 0.25) is 0 Å². The molecule has 0 atom stereocenters. The van der Waals surface area contributed by atoms with E-state index in [1.54, 1.807) is 0 Å². The second-order valence-electron chi connectivity index (χ2n) is 4.87. The van der Waals surface area contributed by atoms with Gasteiger partial charge in [-0.15, -0.1) is 0 Å². The maximum absolute atomic E-state index is 5.50. The van der Waals surface area contributed by atoms with E-state index in [2.05, 4.69) is 12.2 Å². The van der Waals surface area contributed by atoms with Gasteiger partial charge in [0.15, 0.2) is 0 Å². The number of rotatable bonds is 10. The van der Waals surface area contributed by atoms with E-state index in [1.807, 2.05) is 0 Å². The Hall–Kier alpha value is -0.120. The molecule has 1 aliphatic rings. The van der Waals surface area contributed by atoms with Crippen molar-refractivity contribution in [3.05, 3.63) is 0 Å². The summed E-state index contributed by atoms with van der Waals surface area (Å²) in [6, 6.07) is 0.775. The minimum atomic E-state index is 0.740. The van der Waals surface area contributed by atoms with E-state index in [1.165, 1.54) is 32.1 Å². The van der Waals surface area contributed by atoms with Crippen LogP contribution in [0.15, 0.2) is 0 Å². The molecule has 1 rings (SSSR count). The third-order valence-corrected chi connectivity index (χ3v) is 3.22. The molecule has 1 N–H and O–H groups in total. The number of hydrogen-bond acceptors (Lipinski definition) is 3. The number of hydrogen-bond donors (Lipinski definition) is 1. The van der Waals surface area contributed by atoms with Gasteiger partial charge in [0.25, 0.3) is 0 Å². The minimum Gasteiger partial charge on any atom is -0.379 e. The molecule has 3 nitrogen and oxygen atoms in total. The van der Waals surface area contributed by atoms with E-state index in [0.717, 1.165) is 51.9 Å². The molecule has 1 saturated carbocycles. The molecule has 0 aromatic heterocycles. The molecule has 0 aliphatic heterocycles. The molecule has 0 aromatic carbocycles. The highest BCUT2D eigenvalue weighted by Gasteiger charge is 2.11. The van der Waals surface area contributed by atoms with Crippen LogP contribution in [-0.2, 0) is 9.47 Å². The predicted molar refractivity (Wildman–Crippen MR) is 71.4 cm³/mol. The lowest BCUT2D eigenvalue weighted by Gasteiger charge is -2.22. The monoisotopic (exact) mass is 243 g/mol. The summed E-state index contributed by atoms with van der Waals surface area (Å²) in [7, 11) is 0. The van der Waals surface area contributed by atoms with Gasteiger partial charge >= 0.3 is 0 Å². The highest BCUT2D eigenvalue weighted by Crippen LogP contribution is 2.17. The molecule has 0 bridgehead atoms. The van der Waals surface area contributed by atoms with Crippen LogP contribution in [0.3, 0.4) is 0 Å². The van der Waals surface area contributed by atoms with Crippen LogP contribution in [0, 0.1) is 0 Å². The van der Waals surface area contributed by atoms with Crippen molar-refractivity contribution in [1.82, 2.24) is 5.32 Å². The Morgan fingerprint density at radius 1 is 0.941 bits per heavy atom. The van der Waals surface area contributed by atoms with E-state index in [0.29, 0.717) is 0 Å². The Morgan fingerprint density at radius 3 is 2.35 bits per heavy atom. The van der Waals surface area contributed by atoms with Crippen LogP contribution in [0.5, 0.6) is 0 Å². The second kappa shape index (κ2) is 11.0. The summed E-state index contributed by atoms with van der Waals surface area (Å²) >= 11 is 0. The summed E-state index contributed by atoms with van der Waals surface area (Å²) in [5.41, 5.74) is 0. The molecule has 0 amide bonds. The predicted octanol–water partition coefficient (Wildman–Crippen LogP) is 2.74. The van der Waals surface area contributed by atoms with E-state index >= 15 is 0 Å². The summed E-state index contributed by atoms with van der Waals surface area (Å²) in [4.78, 5) is 0.